The van der Waals surface area contributed by atoms with Gasteiger partial charge in [0.2, 0.25) is 6.10 Å². The Morgan fingerprint density at radius 2 is 2.08 bits per heavy atom. The highest BCUT2D eigenvalue weighted by atomic mass is 16.6. The highest BCUT2D eigenvalue weighted by Crippen LogP contribution is 2.31. The van der Waals surface area contributed by atoms with Crippen LogP contribution in [0.25, 0.3) is 0 Å². The van der Waals surface area contributed by atoms with Crippen molar-refractivity contribution in [3.05, 3.63) is 24.3 Å². The quantitative estimate of drug-likeness (QED) is 0.819. The Morgan fingerprint density at radius 3 is 2.71 bits per heavy atom. The Labute approximate surface area is 140 Å². The van der Waals surface area contributed by atoms with Crippen molar-refractivity contribution >= 4 is 11.9 Å². The van der Waals surface area contributed by atoms with E-state index in [0.717, 1.165) is 0 Å². The van der Waals surface area contributed by atoms with Crippen LogP contribution in [0.5, 0.6) is 11.5 Å². The van der Waals surface area contributed by atoms with E-state index >= 15 is 0 Å². The molecule has 0 spiro atoms. The van der Waals surface area contributed by atoms with Gasteiger partial charge < -0.3 is 19.5 Å². The Hall–Kier alpha value is -2.75. The zero-order chi connectivity index (χ0) is 17.7. The molecular formula is C17H20N2O5. The van der Waals surface area contributed by atoms with Crippen LogP contribution in [-0.4, -0.2) is 36.7 Å². The first-order chi connectivity index (χ1) is 11.4. The van der Waals surface area contributed by atoms with Crippen molar-refractivity contribution in [3.8, 4) is 17.6 Å². The van der Waals surface area contributed by atoms with Crippen LogP contribution in [0.3, 0.4) is 0 Å². The number of para-hydroxylation sites is 2. The molecule has 0 aliphatic carbocycles. The number of esters is 1. The fourth-order valence-electron chi connectivity index (χ4n) is 1.99. The lowest BCUT2D eigenvalue weighted by Crippen LogP contribution is -2.50. The normalized spacial score (nSPS) is 18.2. The van der Waals surface area contributed by atoms with Gasteiger partial charge in [-0.15, -0.1) is 0 Å². The van der Waals surface area contributed by atoms with Gasteiger partial charge >= 0.3 is 5.97 Å². The Bertz CT molecular complexity index is 667. The maximum Gasteiger partial charge on any atom is 0.351 e. The summed E-state index contributed by atoms with van der Waals surface area (Å²) in [5, 5.41) is 11.7. The molecule has 0 aromatic heterocycles. The molecule has 1 amide bonds. The summed E-state index contributed by atoms with van der Waals surface area (Å²) in [6, 6.07) is 9.03. The van der Waals surface area contributed by atoms with Crippen LogP contribution in [-0.2, 0) is 14.3 Å². The Kier molecular flexibility index (Phi) is 5.29. The van der Waals surface area contributed by atoms with E-state index in [1.54, 1.807) is 31.2 Å². The molecule has 7 nitrogen and oxygen atoms in total. The largest absolute Gasteiger partial charge is 0.485 e. The van der Waals surface area contributed by atoms with Gasteiger partial charge in [0.25, 0.3) is 5.91 Å². The third kappa shape index (κ3) is 3.96. The maximum atomic E-state index is 12.0. The first kappa shape index (κ1) is 17.6. The minimum Gasteiger partial charge on any atom is -0.485 e. The number of nitrogens with one attached hydrogen (secondary N) is 1. The molecule has 2 atom stereocenters. The summed E-state index contributed by atoms with van der Waals surface area (Å²) in [5.41, 5.74) is -1.02. The molecule has 0 bridgehead atoms. The van der Waals surface area contributed by atoms with Crippen molar-refractivity contribution in [1.82, 2.24) is 5.32 Å². The highest BCUT2D eigenvalue weighted by Gasteiger charge is 2.32. The molecule has 1 aromatic rings. The van der Waals surface area contributed by atoms with Gasteiger partial charge in [0.15, 0.2) is 18.1 Å². The summed E-state index contributed by atoms with van der Waals surface area (Å²) >= 11 is 0. The summed E-state index contributed by atoms with van der Waals surface area (Å²) in [6.07, 6.45) is -0.930. The van der Waals surface area contributed by atoms with Gasteiger partial charge in [-0.3, -0.25) is 4.79 Å². The van der Waals surface area contributed by atoms with E-state index in [4.69, 9.17) is 19.5 Å². The molecule has 1 aliphatic rings. The molecule has 7 heteroatoms. The lowest BCUT2D eigenvalue weighted by molar-refractivity contribution is -0.158. The van der Waals surface area contributed by atoms with Gasteiger partial charge in [-0.2, -0.15) is 5.26 Å². The average Bonchev–Trinajstić information content (AvgIpc) is 2.58. The van der Waals surface area contributed by atoms with Crippen molar-refractivity contribution in [3.63, 3.8) is 0 Å². The minimum absolute atomic E-state index is 0.0133. The zero-order valence-electron chi connectivity index (χ0n) is 13.9. The Balaban J connectivity index is 1.86. The maximum absolute atomic E-state index is 12.0. The molecule has 1 heterocycles. The van der Waals surface area contributed by atoms with E-state index < -0.39 is 30.1 Å². The first-order valence-corrected chi connectivity index (χ1v) is 7.63. The number of rotatable bonds is 5. The summed E-state index contributed by atoms with van der Waals surface area (Å²) in [6.45, 7) is 4.79. The van der Waals surface area contributed by atoms with Crippen LogP contribution in [0.2, 0.25) is 0 Å². The zero-order valence-corrected chi connectivity index (χ0v) is 13.9. The first-order valence-electron chi connectivity index (χ1n) is 7.63. The van der Waals surface area contributed by atoms with E-state index in [-0.39, 0.29) is 12.5 Å². The second kappa shape index (κ2) is 7.21. The number of benzene rings is 1. The van der Waals surface area contributed by atoms with Gasteiger partial charge in [-0.1, -0.05) is 26.0 Å². The number of fused-ring (bicyclic) bond motifs is 1. The summed E-state index contributed by atoms with van der Waals surface area (Å²) < 4.78 is 15.9. The number of hydrogen-bond donors (Lipinski definition) is 1. The lowest BCUT2D eigenvalue weighted by Gasteiger charge is -2.27. The molecule has 24 heavy (non-hydrogen) atoms. The molecule has 1 aromatic carbocycles. The average molecular weight is 332 g/mol. The second-order valence-corrected chi connectivity index (χ2v) is 5.99. The predicted octanol–water partition coefficient (Wildman–Crippen LogP) is 1.42. The number of carbonyl (C=O) groups is 2. The van der Waals surface area contributed by atoms with Crippen molar-refractivity contribution in [2.24, 2.45) is 5.92 Å². The summed E-state index contributed by atoms with van der Waals surface area (Å²) in [7, 11) is 0. The van der Waals surface area contributed by atoms with Gasteiger partial charge in [0, 0.05) is 0 Å². The minimum atomic E-state index is -1.02. The topological polar surface area (TPSA) is 97.7 Å². The molecule has 0 saturated heterocycles. The molecule has 128 valence electrons. The lowest BCUT2D eigenvalue weighted by atomic mass is 9.90. The molecule has 1 N–H and O–H groups in total. The monoisotopic (exact) mass is 332 g/mol. The van der Waals surface area contributed by atoms with Crippen molar-refractivity contribution < 1.29 is 23.8 Å². The summed E-state index contributed by atoms with van der Waals surface area (Å²) in [5.74, 6) is -0.317. The molecular weight excluding hydrogens is 312 g/mol. The van der Waals surface area contributed by atoms with Crippen molar-refractivity contribution in [2.75, 3.05) is 13.2 Å². The van der Waals surface area contributed by atoms with Crippen molar-refractivity contribution in [2.45, 2.75) is 32.4 Å². The number of nitrogens with zero attached hydrogens (tertiary/aromatic N) is 1. The van der Waals surface area contributed by atoms with Crippen molar-refractivity contribution in [1.29, 1.82) is 5.26 Å². The molecule has 0 unspecified atom stereocenters. The van der Waals surface area contributed by atoms with E-state index in [1.807, 2.05) is 13.8 Å². The van der Waals surface area contributed by atoms with E-state index in [0.29, 0.717) is 11.5 Å². The SMILES string of the molecule is CC(C)[C@](C)(C#N)NC(=O)COC(=O)[C@@H]1COc2ccccc2O1. The molecule has 0 saturated carbocycles. The second-order valence-electron chi connectivity index (χ2n) is 5.99. The smallest absolute Gasteiger partial charge is 0.351 e. The van der Waals surface area contributed by atoms with Gasteiger partial charge in [-0.25, -0.2) is 4.79 Å². The van der Waals surface area contributed by atoms with E-state index in [9.17, 15) is 9.59 Å². The number of amides is 1. The van der Waals surface area contributed by atoms with Crippen LogP contribution >= 0.6 is 0 Å². The fraction of sp³-hybridized carbons (Fsp3) is 0.471. The van der Waals surface area contributed by atoms with Gasteiger partial charge in [0.1, 0.15) is 12.1 Å². The van der Waals surface area contributed by atoms with Crippen LogP contribution in [0.4, 0.5) is 0 Å². The molecule has 0 fully saturated rings. The summed E-state index contributed by atoms with van der Waals surface area (Å²) in [4.78, 5) is 23.9. The van der Waals surface area contributed by atoms with Crippen LogP contribution in [0, 0.1) is 17.2 Å². The number of nitriles is 1. The van der Waals surface area contributed by atoms with Crippen LogP contribution in [0.1, 0.15) is 20.8 Å². The number of hydrogen-bond acceptors (Lipinski definition) is 6. The Morgan fingerprint density at radius 1 is 1.42 bits per heavy atom. The molecule has 1 aliphatic heterocycles. The number of ether oxygens (including phenoxy) is 3. The number of carbonyl (C=O) groups excluding carboxylic acids is 2. The molecule has 2 rings (SSSR count). The van der Waals surface area contributed by atoms with Gasteiger partial charge in [0.05, 0.1) is 6.07 Å². The van der Waals surface area contributed by atoms with Crippen LogP contribution < -0.4 is 14.8 Å². The third-order valence-corrected chi connectivity index (χ3v) is 3.90. The third-order valence-electron chi connectivity index (χ3n) is 3.90. The standard InChI is InChI=1S/C17H20N2O5/c1-11(2)17(3,10-18)19-15(20)9-23-16(21)14-8-22-12-6-4-5-7-13(12)24-14/h4-7,11,14H,8-9H2,1-3H3,(H,19,20)/t14-,17-/m0/s1. The highest BCUT2D eigenvalue weighted by molar-refractivity contribution is 5.83. The van der Waals surface area contributed by atoms with E-state index in [2.05, 4.69) is 11.4 Å². The fourth-order valence-corrected chi connectivity index (χ4v) is 1.99. The molecule has 0 radical (unpaired) electrons. The van der Waals surface area contributed by atoms with Crippen LogP contribution in [0.15, 0.2) is 24.3 Å². The van der Waals surface area contributed by atoms with E-state index in [1.165, 1.54) is 0 Å². The predicted molar refractivity (Wildman–Crippen MR) is 84.3 cm³/mol. The van der Waals surface area contributed by atoms with Gasteiger partial charge in [-0.05, 0) is 25.0 Å².